The minimum atomic E-state index is -0.605. The van der Waals surface area contributed by atoms with E-state index in [1.807, 2.05) is 18.2 Å². The summed E-state index contributed by atoms with van der Waals surface area (Å²) in [5, 5.41) is 2.58. The molecule has 0 saturated heterocycles. The second-order valence-corrected chi connectivity index (χ2v) is 7.16. The van der Waals surface area contributed by atoms with Crippen LogP contribution in [0, 0.1) is 0 Å². The van der Waals surface area contributed by atoms with Gasteiger partial charge in [0.05, 0.1) is 18.9 Å². The van der Waals surface area contributed by atoms with Crippen molar-refractivity contribution in [3.63, 3.8) is 0 Å². The molecule has 0 radical (unpaired) electrons. The van der Waals surface area contributed by atoms with Crippen LogP contribution >= 0.6 is 0 Å². The molecule has 7 nitrogen and oxygen atoms in total. The zero-order valence-corrected chi connectivity index (χ0v) is 18.8. The highest BCUT2D eigenvalue weighted by atomic mass is 32.1. The first-order chi connectivity index (χ1) is 16.2. The molecule has 0 aliphatic heterocycles. The highest BCUT2D eigenvalue weighted by Gasteiger charge is 2.14. The zero-order chi connectivity index (χ0) is 23.3. The van der Waals surface area contributed by atoms with Gasteiger partial charge in [0.1, 0.15) is 22.8 Å². The molecule has 0 aromatic heterocycles. The standard InChI is InChI=1S/C25H24N2O5S/c28-24(32-19-11-3-1-4-12-19)20-13-5-7-15-22(20)30-17-9-2-10-18-31-23-16-8-6-14-21(23)26-25(29)27-33/h1,3-8,11-16H,2,9-10,17-18H2,(H,26,29). The number of unbranched alkanes of at least 4 members (excludes halogenated alkanes) is 2. The molecule has 0 unspecified atom stereocenters. The van der Waals surface area contributed by atoms with E-state index >= 15 is 0 Å². The Balaban J connectivity index is 1.40. The fraction of sp³-hybridized carbons (Fsp3) is 0.200. The number of carbonyl (C=O) groups is 2. The van der Waals surface area contributed by atoms with Gasteiger partial charge >= 0.3 is 12.0 Å². The number of hydrogen-bond acceptors (Lipinski definition) is 6. The molecule has 33 heavy (non-hydrogen) atoms. The average molecular weight is 465 g/mol. The van der Waals surface area contributed by atoms with Crippen molar-refractivity contribution in [2.45, 2.75) is 19.3 Å². The average Bonchev–Trinajstić information content (AvgIpc) is 2.85. The summed E-state index contributed by atoms with van der Waals surface area (Å²) >= 11 is 4.39. The van der Waals surface area contributed by atoms with Crippen molar-refractivity contribution in [1.29, 1.82) is 0 Å². The van der Waals surface area contributed by atoms with E-state index in [9.17, 15) is 9.59 Å². The van der Waals surface area contributed by atoms with E-state index < -0.39 is 12.0 Å². The Bertz CT molecular complexity index is 1080. The Kier molecular flexibility index (Phi) is 9.35. The number of amides is 2. The number of nitrogens with zero attached hydrogens (tertiary/aromatic N) is 1. The largest absolute Gasteiger partial charge is 0.493 e. The van der Waals surface area contributed by atoms with E-state index in [4.69, 9.17) is 14.2 Å². The third-order valence-electron chi connectivity index (χ3n) is 4.58. The molecule has 0 spiro atoms. The van der Waals surface area contributed by atoms with E-state index in [0.29, 0.717) is 41.7 Å². The molecule has 0 saturated carbocycles. The smallest absolute Gasteiger partial charge is 0.356 e. The van der Waals surface area contributed by atoms with Crippen LogP contribution in [-0.2, 0) is 12.4 Å². The third-order valence-corrected chi connectivity index (χ3v) is 4.74. The minimum Gasteiger partial charge on any atom is -0.493 e. The summed E-state index contributed by atoms with van der Waals surface area (Å²) in [5.41, 5.74) is 0.910. The van der Waals surface area contributed by atoms with Gasteiger partial charge in [-0.3, -0.25) is 0 Å². The lowest BCUT2D eigenvalue weighted by Crippen LogP contribution is -2.11. The summed E-state index contributed by atoms with van der Waals surface area (Å²) in [6, 6.07) is 22.5. The van der Waals surface area contributed by atoms with Gasteiger partial charge in [0.25, 0.3) is 0 Å². The lowest BCUT2D eigenvalue weighted by Gasteiger charge is -2.12. The van der Waals surface area contributed by atoms with Gasteiger partial charge in [-0.15, -0.1) is 4.36 Å². The van der Waals surface area contributed by atoms with Crippen LogP contribution in [0.3, 0.4) is 0 Å². The Hall–Kier alpha value is -3.78. The lowest BCUT2D eigenvalue weighted by molar-refractivity contribution is 0.0730. The molecule has 0 atom stereocenters. The Morgan fingerprint density at radius 3 is 2.09 bits per heavy atom. The number of rotatable bonds is 11. The van der Waals surface area contributed by atoms with Gasteiger partial charge in [-0.2, -0.15) is 0 Å². The van der Waals surface area contributed by atoms with Crippen LogP contribution in [0.4, 0.5) is 10.5 Å². The summed E-state index contributed by atoms with van der Waals surface area (Å²) < 4.78 is 20.2. The number of benzene rings is 3. The first-order valence-electron chi connectivity index (χ1n) is 10.5. The molecule has 0 aliphatic carbocycles. The SMILES string of the molecule is O=C(N=S)Nc1ccccc1OCCCCCOc1ccccc1C(=O)Oc1ccccc1. The molecule has 170 valence electrons. The monoisotopic (exact) mass is 464 g/mol. The number of ether oxygens (including phenoxy) is 3. The van der Waals surface area contributed by atoms with E-state index in [0.717, 1.165) is 19.3 Å². The van der Waals surface area contributed by atoms with Crippen LogP contribution in [0.25, 0.3) is 0 Å². The molecular weight excluding hydrogens is 440 g/mol. The van der Waals surface area contributed by atoms with Crippen LogP contribution in [0.5, 0.6) is 17.2 Å². The fourth-order valence-corrected chi connectivity index (χ4v) is 3.04. The summed E-state index contributed by atoms with van der Waals surface area (Å²) in [6.07, 6.45) is 2.46. The Morgan fingerprint density at radius 2 is 1.36 bits per heavy atom. The molecular formula is C25H24N2O5S. The predicted octanol–water partition coefficient (Wildman–Crippen LogP) is 5.80. The molecule has 3 aromatic rings. The molecule has 0 aliphatic rings. The number of anilines is 1. The molecule has 3 aromatic carbocycles. The second kappa shape index (κ2) is 12.9. The van der Waals surface area contributed by atoms with Crippen molar-refractivity contribution in [2.75, 3.05) is 18.5 Å². The Labute approximate surface area is 197 Å². The molecule has 0 bridgehead atoms. The molecule has 2 amide bonds. The van der Waals surface area contributed by atoms with Crippen molar-refractivity contribution in [1.82, 2.24) is 0 Å². The van der Waals surface area contributed by atoms with Crippen LogP contribution in [0.1, 0.15) is 29.6 Å². The maximum Gasteiger partial charge on any atom is 0.356 e. The fourth-order valence-electron chi connectivity index (χ4n) is 2.99. The highest BCUT2D eigenvalue weighted by molar-refractivity contribution is 7.47. The lowest BCUT2D eigenvalue weighted by atomic mass is 10.2. The highest BCUT2D eigenvalue weighted by Crippen LogP contribution is 2.24. The van der Waals surface area contributed by atoms with Crippen molar-refractivity contribution in [2.24, 2.45) is 4.36 Å². The van der Waals surface area contributed by atoms with Gasteiger partial charge in [0.2, 0.25) is 0 Å². The van der Waals surface area contributed by atoms with Crippen molar-refractivity contribution in [3.05, 3.63) is 84.4 Å². The van der Waals surface area contributed by atoms with Crippen LogP contribution in [-0.4, -0.2) is 25.2 Å². The van der Waals surface area contributed by atoms with Gasteiger partial charge in [-0.05, 0) is 55.7 Å². The molecule has 0 heterocycles. The van der Waals surface area contributed by atoms with E-state index in [-0.39, 0.29) is 0 Å². The third kappa shape index (κ3) is 7.69. The summed E-state index contributed by atoms with van der Waals surface area (Å²) in [7, 11) is 0. The van der Waals surface area contributed by atoms with Gasteiger partial charge in [0.15, 0.2) is 0 Å². The normalized spacial score (nSPS) is 10.2. The van der Waals surface area contributed by atoms with Crippen molar-refractivity contribution in [3.8, 4) is 17.2 Å². The molecule has 0 fully saturated rings. The van der Waals surface area contributed by atoms with Crippen LogP contribution in [0.15, 0.2) is 83.2 Å². The van der Waals surface area contributed by atoms with Crippen LogP contribution < -0.4 is 19.5 Å². The van der Waals surface area contributed by atoms with Crippen molar-refractivity contribution >= 4 is 30.1 Å². The molecule has 3 rings (SSSR count). The first-order valence-corrected chi connectivity index (χ1v) is 10.9. The number of urea groups is 1. The number of carbonyl (C=O) groups excluding carboxylic acids is 2. The van der Waals surface area contributed by atoms with E-state index in [1.54, 1.807) is 60.7 Å². The predicted molar refractivity (Wildman–Crippen MR) is 128 cm³/mol. The number of esters is 1. The van der Waals surface area contributed by atoms with Gasteiger partial charge in [-0.1, -0.05) is 42.5 Å². The maximum absolute atomic E-state index is 12.5. The first kappa shape index (κ1) is 23.9. The Morgan fingerprint density at radius 1 is 0.758 bits per heavy atom. The van der Waals surface area contributed by atoms with Gasteiger partial charge in [-0.25, -0.2) is 9.59 Å². The summed E-state index contributed by atoms with van der Waals surface area (Å²) in [5.74, 6) is 1.08. The summed E-state index contributed by atoms with van der Waals surface area (Å²) in [6.45, 7) is 0.945. The topological polar surface area (TPSA) is 86.2 Å². The van der Waals surface area contributed by atoms with Gasteiger partial charge in [0, 0.05) is 12.4 Å². The zero-order valence-electron chi connectivity index (χ0n) is 17.9. The maximum atomic E-state index is 12.5. The van der Waals surface area contributed by atoms with E-state index in [1.165, 1.54) is 0 Å². The quantitative estimate of drug-likeness (QED) is 0.219. The number of para-hydroxylation sites is 4. The van der Waals surface area contributed by atoms with Crippen LogP contribution in [0.2, 0.25) is 0 Å². The molecule has 1 N–H and O–H groups in total. The summed E-state index contributed by atoms with van der Waals surface area (Å²) in [4.78, 5) is 23.9. The minimum absolute atomic E-state index is 0.383. The number of hydrogen-bond donors (Lipinski definition) is 1. The van der Waals surface area contributed by atoms with Crippen molar-refractivity contribution < 1.29 is 23.8 Å². The number of nitrogens with one attached hydrogen (secondary N) is 1. The molecule has 8 heteroatoms. The van der Waals surface area contributed by atoms with Gasteiger partial charge < -0.3 is 19.5 Å². The second-order valence-electron chi connectivity index (χ2n) is 6.97. The van der Waals surface area contributed by atoms with E-state index in [2.05, 4.69) is 22.1 Å².